The molecule has 2 rings (SSSR count). The minimum atomic E-state index is -0.350. The summed E-state index contributed by atoms with van der Waals surface area (Å²) in [6.07, 6.45) is 0. The third kappa shape index (κ3) is 2.54. The van der Waals surface area contributed by atoms with Crippen LogP contribution in [0.1, 0.15) is 30.0 Å². The fraction of sp³-hybridized carbons (Fsp3) is 0.667. The van der Waals surface area contributed by atoms with Crippen LogP contribution in [0.3, 0.4) is 0 Å². The van der Waals surface area contributed by atoms with Gasteiger partial charge in [-0.15, -0.1) is 0 Å². The van der Waals surface area contributed by atoms with Crippen LogP contribution in [-0.4, -0.2) is 46.4 Å². The molecule has 0 saturated carbocycles. The maximum Gasteiger partial charge on any atom is 0.358 e. The number of nitrogens with two attached hydrogens (primary N) is 1. The molecule has 0 bridgehead atoms. The van der Waals surface area contributed by atoms with Crippen molar-refractivity contribution in [2.24, 2.45) is 5.73 Å². The smallest absolute Gasteiger partial charge is 0.358 e. The van der Waals surface area contributed by atoms with Gasteiger partial charge in [0, 0.05) is 25.7 Å². The lowest BCUT2D eigenvalue weighted by molar-refractivity contribution is 0.0518. The molecule has 0 aromatic carbocycles. The highest BCUT2D eigenvalue weighted by molar-refractivity contribution is 5.87. The van der Waals surface area contributed by atoms with Crippen molar-refractivity contribution in [3.63, 3.8) is 0 Å². The van der Waals surface area contributed by atoms with Gasteiger partial charge in [-0.05, 0) is 19.9 Å². The minimum Gasteiger partial charge on any atom is -0.461 e. The van der Waals surface area contributed by atoms with Gasteiger partial charge in [-0.3, -0.25) is 9.58 Å². The molecule has 18 heavy (non-hydrogen) atoms. The van der Waals surface area contributed by atoms with Crippen molar-refractivity contribution in [2.45, 2.75) is 33.0 Å². The molecule has 1 atom stereocenters. The van der Waals surface area contributed by atoms with Crippen molar-refractivity contribution in [3.8, 4) is 0 Å². The summed E-state index contributed by atoms with van der Waals surface area (Å²) >= 11 is 0. The summed E-state index contributed by atoms with van der Waals surface area (Å²) < 4.78 is 6.85. The van der Waals surface area contributed by atoms with Gasteiger partial charge in [0.1, 0.15) is 0 Å². The summed E-state index contributed by atoms with van der Waals surface area (Å²) in [6, 6.07) is 2.20. The summed E-state index contributed by atoms with van der Waals surface area (Å²) in [5.41, 5.74) is 7.04. The third-order valence-electron chi connectivity index (χ3n) is 3.19. The summed E-state index contributed by atoms with van der Waals surface area (Å²) in [5.74, 6) is -0.350. The number of aromatic nitrogens is 2. The van der Waals surface area contributed by atoms with Gasteiger partial charge < -0.3 is 10.5 Å². The van der Waals surface area contributed by atoms with Crippen molar-refractivity contribution >= 4 is 5.97 Å². The van der Waals surface area contributed by atoms with Crippen LogP contribution in [0.25, 0.3) is 0 Å². The second-order valence-electron chi connectivity index (χ2n) is 4.53. The molecular weight excluding hydrogens is 232 g/mol. The zero-order valence-electron chi connectivity index (χ0n) is 10.9. The van der Waals surface area contributed by atoms with E-state index in [0.29, 0.717) is 24.9 Å². The van der Waals surface area contributed by atoms with Crippen molar-refractivity contribution in [1.82, 2.24) is 14.7 Å². The number of fused-ring (bicyclic) bond motifs is 1. The van der Waals surface area contributed by atoms with E-state index in [-0.39, 0.29) is 5.97 Å². The highest BCUT2D eigenvalue weighted by atomic mass is 16.5. The Labute approximate surface area is 107 Å². The molecular formula is C12H20N4O2. The Morgan fingerprint density at radius 3 is 3.11 bits per heavy atom. The lowest BCUT2D eigenvalue weighted by Gasteiger charge is -2.33. The molecule has 6 heteroatoms. The third-order valence-corrected chi connectivity index (χ3v) is 3.19. The van der Waals surface area contributed by atoms with Gasteiger partial charge in [-0.1, -0.05) is 0 Å². The first-order chi connectivity index (χ1) is 8.65. The van der Waals surface area contributed by atoms with Gasteiger partial charge in [-0.2, -0.15) is 5.10 Å². The van der Waals surface area contributed by atoms with Gasteiger partial charge in [0.15, 0.2) is 5.69 Å². The molecule has 2 N–H and O–H groups in total. The summed E-state index contributed by atoms with van der Waals surface area (Å²) in [4.78, 5) is 13.9. The molecule has 100 valence electrons. The number of hydrogen-bond donors (Lipinski definition) is 1. The fourth-order valence-corrected chi connectivity index (χ4v) is 2.24. The number of ether oxygens (including phenoxy) is 1. The molecule has 0 amide bonds. The second kappa shape index (κ2) is 5.49. The topological polar surface area (TPSA) is 73.4 Å². The molecule has 2 heterocycles. The van der Waals surface area contributed by atoms with Crippen molar-refractivity contribution in [3.05, 3.63) is 17.5 Å². The summed E-state index contributed by atoms with van der Waals surface area (Å²) in [7, 11) is 0. The summed E-state index contributed by atoms with van der Waals surface area (Å²) in [5, 5.41) is 4.30. The molecule has 6 nitrogen and oxygen atoms in total. The Balaban J connectivity index is 2.15. The monoisotopic (exact) mass is 252 g/mol. The molecule has 1 aromatic heterocycles. The highest BCUT2D eigenvalue weighted by Gasteiger charge is 2.25. The van der Waals surface area contributed by atoms with E-state index in [1.165, 1.54) is 0 Å². The predicted molar refractivity (Wildman–Crippen MR) is 67.1 cm³/mol. The van der Waals surface area contributed by atoms with Gasteiger partial charge in [0.05, 0.1) is 18.8 Å². The zero-order valence-corrected chi connectivity index (χ0v) is 10.9. The standard InChI is InChI=1S/C12H20N4O2/c1-3-18-12(17)11-6-10-8-15(5-4-13)9(2)7-16(10)14-11/h6,9H,3-5,7-8,13H2,1-2H3. The largest absolute Gasteiger partial charge is 0.461 e. The lowest BCUT2D eigenvalue weighted by Crippen LogP contribution is -2.43. The number of rotatable bonds is 4. The molecule has 0 aliphatic carbocycles. The first kappa shape index (κ1) is 13.0. The minimum absolute atomic E-state index is 0.350. The van der Waals surface area contributed by atoms with E-state index in [2.05, 4.69) is 16.9 Å². The molecule has 0 spiro atoms. The number of hydrogen-bond acceptors (Lipinski definition) is 5. The molecule has 1 aliphatic rings. The normalized spacial score (nSPS) is 19.6. The van der Waals surface area contributed by atoms with Crippen LogP contribution in [-0.2, 0) is 17.8 Å². The predicted octanol–water partition coefficient (Wildman–Crippen LogP) is 0.223. The van der Waals surface area contributed by atoms with Crippen LogP contribution >= 0.6 is 0 Å². The molecule has 1 unspecified atom stereocenters. The maximum absolute atomic E-state index is 11.6. The van der Waals surface area contributed by atoms with Crippen LogP contribution < -0.4 is 5.73 Å². The quantitative estimate of drug-likeness (QED) is 0.776. The summed E-state index contributed by atoms with van der Waals surface area (Å²) in [6.45, 7) is 7.38. The Bertz CT molecular complexity index is 430. The van der Waals surface area contributed by atoms with E-state index in [4.69, 9.17) is 10.5 Å². The van der Waals surface area contributed by atoms with Crippen LogP contribution in [0.2, 0.25) is 0 Å². The van der Waals surface area contributed by atoms with E-state index < -0.39 is 0 Å². The Hall–Kier alpha value is -1.40. The van der Waals surface area contributed by atoms with Crippen LogP contribution in [0.15, 0.2) is 6.07 Å². The van der Waals surface area contributed by atoms with Crippen molar-refractivity contribution in [1.29, 1.82) is 0 Å². The number of carbonyl (C=O) groups is 1. The first-order valence-corrected chi connectivity index (χ1v) is 6.33. The SMILES string of the molecule is CCOC(=O)c1cc2n(n1)CC(C)N(CCN)C2. The van der Waals surface area contributed by atoms with Gasteiger partial charge in [-0.25, -0.2) is 4.79 Å². The second-order valence-corrected chi connectivity index (χ2v) is 4.53. The Morgan fingerprint density at radius 1 is 1.67 bits per heavy atom. The van der Waals surface area contributed by atoms with E-state index in [1.54, 1.807) is 6.92 Å². The lowest BCUT2D eigenvalue weighted by atomic mass is 10.2. The van der Waals surface area contributed by atoms with Gasteiger partial charge in [0.2, 0.25) is 0 Å². The molecule has 0 saturated heterocycles. The molecule has 0 radical (unpaired) electrons. The first-order valence-electron chi connectivity index (χ1n) is 6.33. The van der Waals surface area contributed by atoms with Crippen LogP contribution in [0.4, 0.5) is 0 Å². The van der Waals surface area contributed by atoms with Crippen molar-refractivity contribution in [2.75, 3.05) is 19.7 Å². The Kier molecular flexibility index (Phi) is 3.98. The van der Waals surface area contributed by atoms with E-state index in [9.17, 15) is 4.79 Å². The average molecular weight is 252 g/mol. The zero-order chi connectivity index (χ0) is 13.1. The molecule has 1 aliphatic heterocycles. The maximum atomic E-state index is 11.6. The Morgan fingerprint density at radius 2 is 2.44 bits per heavy atom. The number of carbonyl (C=O) groups excluding carboxylic acids is 1. The van der Waals surface area contributed by atoms with E-state index in [1.807, 2.05) is 10.7 Å². The number of nitrogens with zero attached hydrogens (tertiary/aromatic N) is 3. The van der Waals surface area contributed by atoms with Gasteiger partial charge >= 0.3 is 5.97 Å². The number of esters is 1. The van der Waals surface area contributed by atoms with Crippen LogP contribution in [0.5, 0.6) is 0 Å². The fourth-order valence-electron chi connectivity index (χ4n) is 2.24. The van der Waals surface area contributed by atoms with Crippen LogP contribution in [0, 0.1) is 0 Å². The molecule has 1 aromatic rings. The van der Waals surface area contributed by atoms with Crippen molar-refractivity contribution < 1.29 is 9.53 Å². The van der Waals surface area contributed by atoms with E-state index >= 15 is 0 Å². The van der Waals surface area contributed by atoms with E-state index in [0.717, 1.165) is 25.3 Å². The highest BCUT2D eigenvalue weighted by Crippen LogP contribution is 2.18. The van der Waals surface area contributed by atoms with Gasteiger partial charge in [0.25, 0.3) is 0 Å². The molecule has 0 fully saturated rings. The average Bonchev–Trinajstić information content (AvgIpc) is 2.73.